The summed E-state index contributed by atoms with van der Waals surface area (Å²) in [5, 5.41) is 13.5. The predicted octanol–water partition coefficient (Wildman–Crippen LogP) is 4.77. The minimum absolute atomic E-state index is 0.0789. The van der Waals surface area contributed by atoms with Crippen LogP contribution in [0.2, 0.25) is 0 Å². The summed E-state index contributed by atoms with van der Waals surface area (Å²) in [6.07, 6.45) is 0. The average molecular weight is 414 g/mol. The van der Waals surface area contributed by atoms with Gasteiger partial charge < -0.3 is 9.63 Å². The standard InChI is InChI=1S/C14H7Br2FN2O2/c15-10-4-1-7(5-12(10)20)14-18-13(19-21-14)9-3-2-8(17)6-11(9)16/h1-6,20H. The van der Waals surface area contributed by atoms with Crippen LogP contribution in [0.1, 0.15) is 0 Å². The van der Waals surface area contributed by atoms with E-state index < -0.39 is 0 Å². The highest BCUT2D eigenvalue weighted by Crippen LogP contribution is 2.31. The first-order valence-corrected chi connectivity index (χ1v) is 7.41. The predicted molar refractivity (Wildman–Crippen MR) is 82.2 cm³/mol. The minimum atomic E-state index is -0.354. The summed E-state index contributed by atoms with van der Waals surface area (Å²) in [4.78, 5) is 4.26. The lowest BCUT2D eigenvalue weighted by Crippen LogP contribution is -1.84. The number of aromatic hydroxyl groups is 1. The normalized spacial score (nSPS) is 10.8. The Kier molecular flexibility index (Phi) is 3.77. The van der Waals surface area contributed by atoms with Crippen LogP contribution in [0.15, 0.2) is 49.9 Å². The molecule has 7 heteroatoms. The van der Waals surface area contributed by atoms with Gasteiger partial charge in [-0.25, -0.2) is 4.39 Å². The maximum Gasteiger partial charge on any atom is 0.258 e. The van der Waals surface area contributed by atoms with Crippen LogP contribution < -0.4 is 0 Å². The molecule has 2 aromatic carbocycles. The zero-order chi connectivity index (χ0) is 15.0. The van der Waals surface area contributed by atoms with Gasteiger partial charge in [-0.05, 0) is 68.3 Å². The molecule has 3 aromatic rings. The van der Waals surface area contributed by atoms with Gasteiger partial charge in [0.25, 0.3) is 5.89 Å². The van der Waals surface area contributed by atoms with Gasteiger partial charge in [0.1, 0.15) is 11.6 Å². The molecule has 0 radical (unpaired) electrons. The molecule has 1 N–H and O–H groups in total. The number of halogens is 3. The Morgan fingerprint density at radius 2 is 1.86 bits per heavy atom. The van der Waals surface area contributed by atoms with Crippen molar-refractivity contribution >= 4 is 31.9 Å². The highest BCUT2D eigenvalue weighted by molar-refractivity contribution is 9.11. The van der Waals surface area contributed by atoms with Crippen LogP contribution in [0.25, 0.3) is 22.8 Å². The van der Waals surface area contributed by atoms with Crippen LogP contribution in [0, 0.1) is 5.82 Å². The third-order valence-corrected chi connectivity index (χ3v) is 4.12. The van der Waals surface area contributed by atoms with Crippen molar-refractivity contribution in [3.8, 4) is 28.6 Å². The maximum absolute atomic E-state index is 13.1. The second-order valence-electron chi connectivity index (χ2n) is 4.21. The number of aromatic nitrogens is 2. The van der Waals surface area contributed by atoms with E-state index >= 15 is 0 Å². The van der Waals surface area contributed by atoms with Crippen LogP contribution in [-0.2, 0) is 0 Å². The molecule has 1 heterocycles. The zero-order valence-corrected chi connectivity index (χ0v) is 13.5. The maximum atomic E-state index is 13.1. The quantitative estimate of drug-likeness (QED) is 0.657. The van der Waals surface area contributed by atoms with Gasteiger partial charge in [0.05, 0.1) is 4.47 Å². The summed E-state index contributed by atoms with van der Waals surface area (Å²) in [5.41, 5.74) is 1.21. The molecule has 0 unspecified atom stereocenters. The first-order chi connectivity index (χ1) is 10.0. The van der Waals surface area contributed by atoms with Crippen molar-refractivity contribution in [2.24, 2.45) is 0 Å². The number of phenols is 1. The van der Waals surface area contributed by atoms with Gasteiger partial charge in [-0.15, -0.1) is 0 Å². The van der Waals surface area contributed by atoms with E-state index in [1.807, 2.05) is 0 Å². The van der Waals surface area contributed by atoms with E-state index in [0.29, 0.717) is 25.9 Å². The van der Waals surface area contributed by atoms with E-state index in [-0.39, 0.29) is 17.5 Å². The van der Waals surface area contributed by atoms with Crippen LogP contribution in [0.4, 0.5) is 4.39 Å². The summed E-state index contributed by atoms with van der Waals surface area (Å²) < 4.78 is 19.4. The summed E-state index contributed by atoms with van der Waals surface area (Å²) >= 11 is 6.46. The third kappa shape index (κ3) is 2.84. The molecule has 0 fully saturated rings. The van der Waals surface area contributed by atoms with Crippen molar-refractivity contribution < 1.29 is 14.0 Å². The Labute approximate surface area is 135 Å². The van der Waals surface area contributed by atoms with Gasteiger partial charge in [0.2, 0.25) is 5.82 Å². The van der Waals surface area contributed by atoms with E-state index in [1.54, 1.807) is 18.2 Å². The van der Waals surface area contributed by atoms with Crippen molar-refractivity contribution in [2.45, 2.75) is 0 Å². The molecule has 0 spiro atoms. The van der Waals surface area contributed by atoms with Gasteiger partial charge in [0.15, 0.2) is 0 Å². The van der Waals surface area contributed by atoms with Crippen molar-refractivity contribution in [1.29, 1.82) is 0 Å². The molecule has 0 atom stereocenters. The molecule has 0 amide bonds. The SMILES string of the molecule is Oc1cc(-c2nc(-c3ccc(F)cc3Br)no2)ccc1Br. The molecular weight excluding hydrogens is 407 g/mol. The van der Waals surface area contributed by atoms with Gasteiger partial charge in [-0.1, -0.05) is 5.16 Å². The van der Waals surface area contributed by atoms with Crippen LogP contribution in [0.5, 0.6) is 5.75 Å². The van der Waals surface area contributed by atoms with E-state index in [0.717, 1.165) is 0 Å². The Morgan fingerprint density at radius 3 is 2.57 bits per heavy atom. The molecule has 106 valence electrons. The van der Waals surface area contributed by atoms with Crippen molar-refractivity contribution in [2.75, 3.05) is 0 Å². The first-order valence-electron chi connectivity index (χ1n) is 5.82. The molecule has 0 bridgehead atoms. The highest BCUT2D eigenvalue weighted by Gasteiger charge is 2.14. The molecule has 0 saturated heterocycles. The Balaban J connectivity index is 2.01. The van der Waals surface area contributed by atoms with E-state index in [1.165, 1.54) is 18.2 Å². The van der Waals surface area contributed by atoms with E-state index in [4.69, 9.17) is 4.52 Å². The number of hydrogen-bond donors (Lipinski definition) is 1. The summed E-state index contributed by atoms with van der Waals surface area (Å²) in [7, 11) is 0. The summed E-state index contributed by atoms with van der Waals surface area (Å²) in [6, 6.07) is 9.15. The monoisotopic (exact) mass is 412 g/mol. The van der Waals surface area contributed by atoms with Crippen LogP contribution in [0.3, 0.4) is 0 Å². The molecule has 4 nitrogen and oxygen atoms in total. The summed E-state index contributed by atoms with van der Waals surface area (Å²) in [6.45, 7) is 0. The van der Waals surface area contributed by atoms with Crippen molar-refractivity contribution in [3.05, 3.63) is 51.2 Å². The Morgan fingerprint density at radius 1 is 1.05 bits per heavy atom. The average Bonchev–Trinajstić information content (AvgIpc) is 2.91. The number of rotatable bonds is 2. The number of benzene rings is 2. The molecule has 0 aliphatic rings. The highest BCUT2D eigenvalue weighted by atomic mass is 79.9. The second-order valence-corrected chi connectivity index (χ2v) is 5.92. The lowest BCUT2D eigenvalue weighted by molar-refractivity contribution is 0.431. The molecule has 0 saturated carbocycles. The van der Waals surface area contributed by atoms with Gasteiger partial charge in [0, 0.05) is 15.6 Å². The second kappa shape index (κ2) is 5.57. The fourth-order valence-corrected chi connectivity index (χ4v) is 2.54. The lowest BCUT2D eigenvalue weighted by Gasteiger charge is -1.99. The summed E-state index contributed by atoms with van der Waals surface area (Å²) in [5.74, 6) is 0.325. The molecule has 3 rings (SSSR count). The molecule has 0 aliphatic heterocycles. The zero-order valence-electron chi connectivity index (χ0n) is 10.3. The minimum Gasteiger partial charge on any atom is -0.507 e. The molecular formula is C14H7Br2FN2O2. The largest absolute Gasteiger partial charge is 0.507 e. The fourth-order valence-electron chi connectivity index (χ4n) is 1.77. The van der Waals surface area contributed by atoms with E-state index in [9.17, 15) is 9.50 Å². The number of phenolic OH excluding ortho intramolecular Hbond substituents is 1. The van der Waals surface area contributed by atoms with E-state index in [2.05, 4.69) is 42.0 Å². The van der Waals surface area contributed by atoms with Gasteiger partial charge >= 0.3 is 0 Å². The Bertz CT molecular complexity index is 820. The van der Waals surface area contributed by atoms with Crippen LogP contribution in [-0.4, -0.2) is 15.2 Å². The first kappa shape index (κ1) is 14.2. The lowest BCUT2D eigenvalue weighted by atomic mass is 10.2. The molecule has 1 aromatic heterocycles. The fraction of sp³-hybridized carbons (Fsp3) is 0. The van der Waals surface area contributed by atoms with Crippen molar-refractivity contribution in [1.82, 2.24) is 10.1 Å². The number of nitrogens with zero attached hydrogens (tertiary/aromatic N) is 2. The third-order valence-electron chi connectivity index (χ3n) is 2.79. The number of hydrogen-bond acceptors (Lipinski definition) is 4. The van der Waals surface area contributed by atoms with Gasteiger partial charge in [-0.2, -0.15) is 4.98 Å². The Hall–Kier alpha value is -1.73. The smallest absolute Gasteiger partial charge is 0.258 e. The van der Waals surface area contributed by atoms with Crippen LogP contribution >= 0.6 is 31.9 Å². The van der Waals surface area contributed by atoms with Gasteiger partial charge in [-0.3, -0.25) is 0 Å². The van der Waals surface area contributed by atoms with Crippen molar-refractivity contribution in [3.63, 3.8) is 0 Å². The molecule has 0 aliphatic carbocycles. The topological polar surface area (TPSA) is 59.2 Å². The molecule has 21 heavy (non-hydrogen) atoms.